The molecule has 2 aliphatic rings. The van der Waals surface area contributed by atoms with Crippen LogP contribution in [0.5, 0.6) is 0 Å². The third-order valence-electron chi connectivity index (χ3n) is 4.02. The molecule has 1 saturated heterocycles. The van der Waals surface area contributed by atoms with Crippen LogP contribution in [0.1, 0.15) is 32.1 Å². The van der Waals surface area contributed by atoms with Crippen LogP contribution in [0.2, 0.25) is 0 Å². The molecule has 0 unspecified atom stereocenters. The minimum absolute atomic E-state index is 0.171. The highest BCUT2D eigenvalue weighted by atomic mass is 19.4. The lowest BCUT2D eigenvalue weighted by molar-refractivity contribution is -0.269. The summed E-state index contributed by atoms with van der Waals surface area (Å²) in [6.07, 6.45) is -4.59. The molecule has 1 aliphatic carbocycles. The highest BCUT2D eigenvalue weighted by Crippen LogP contribution is 2.39. The molecular weight excluding hydrogens is 293 g/mol. The molecule has 21 heavy (non-hydrogen) atoms. The van der Waals surface area contributed by atoms with Gasteiger partial charge in [0.15, 0.2) is 0 Å². The zero-order valence-electron chi connectivity index (χ0n) is 11.1. The summed E-state index contributed by atoms with van der Waals surface area (Å²) in [6, 6.07) is 0. The Morgan fingerprint density at radius 2 is 1.71 bits per heavy atom. The van der Waals surface area contributed by atoms with Gasteiger partial charge in [-0.3, -0.25) is 14.5 Å². The summed E-state index contributed by atoms with van der Waals surface area (Å²) < 4.78 is 38.1. The van der Waals surface area contributed by atoms with Crippen molar-refractivity contribution >= 4 is 17.9 Å². The number of alkyl halides is 3. The first kappa shape index (κ1) is 15.6. The summed E-state index contributed by atoms with van der Waals surface area (Å²) in [4.78, 5) is 35.4. The van der Waals surface area contributed by atoms with Crippen molar-refractivity contribution in [1.82, 2.24) is 9.80 Å². The minimum atomic E-state index is -5.16. The number of carbonyl (C=O) groups is 3. The molecule has 0 atom stereocenters. The topological polar surface area (TPSA) is 80.8 Å². The molecule has 0 aromatic heterocycles. The van der Waals surface area contributed by atoms with Gasteiger partial charge in [0.2, 0.25) is 5.91 Å². The van der Waals surface area contributed by atoms with Crippen molar-refractivity contribution in [3.63, 3.8) is 0 Å². The summed E-state index contributed by atoms with van der Waals surface area (Å²) >= 11 is 0. The number of nitrogens with zero attached hydrogens (tertiary/aromatic N) is 2. The van der Waals surface area contributed by atoms with Gasteiger partial charge in [0.25, 0.3) is 0 Å². The molecule has 0 radical (unpaired) electrons. The minimum Gasteiger partial charge on any atom is -0.530 e. The monoisotopic (exact) mass is 307 g/mol. The van der Waals surface area contributed by atoms with E-state index in [9.17, 15) is 32.7 Å². The Morgan fingerprint density at radius 1 is 1.14 bits per heavy atom. The number of carbonyl (C=O) groups excluding carboxylic acids is 3. The molecule has 0 aromatic rings. The summed E-state index contributed by atoms with van der Waals surface area (Å²) in [6.45, 7) is -1.10. The summed E-state index contributed by atoms with van der Waals surface area (Å²) in [7, 11) is 0. The van der Waals surface area contributed by atoms with E-state index in [1.165, 1.54) is 0 Å². The van der Waals surface area contributed by atoms with Crippen LogP contribution in [0, 0.1) is 0 Å². The normalized spacial score (nSPS) is 22.5. The fraction of sp³-hybridized carbons (Fsp3) is 0.750. The molecule has 0 N–H and O–H groups in total. The van der Waals surface area contributed by atoms with E-state index < -0.39 is 36.2 Å². The van der Waals surface area contributed by atoms with Crippen LogP contribution < -0.4 is 5.11 Å². The zero-order chi connectivity index (χ0) is 15.8. The van der Waals surface area contributed by atoms with Gasteiger partial charge in [-0.15, -0.1) is 0 Å². The van der Waals surface area contributed by atoms with Crippen LogP contribution in [-0.2, 0) is 9.59 Å². The van der Waals surface area contributed by atoms with Crippen LogP contribution in [0.4, 0.5) is 18.0 Å². The van der Waals surface area contributed by atoms with E-state index >= 15 is 0 Å². The number of carboxylic acid groups (broad SMARTS) is 1. The largest absolute Gasteiger partial charge is 0.530 e. The molecule has 0 aromatic carbocycles. The predicted molar refractivity (Wildman–Crippen MR) is 60.7 cm³/mol. The Labute approximate surface area is 118 Å². The number of piperazine rings is 1. The maximum absolute atomic E-state index is 12.7. The number of rotatable bonds is 0. The second-order valence-corrected chi connectivity index (χ2v) is 5.44. The Kier molecular flexibility index (Phi) is 3.85. The highest BCUT2D eigenvalue weighted by Gasteiger charge is 2.55. The van der Waals surface area contributed by atoms with Gasteiger partial charge in [0.1, 0.15) is 6.09 Å². The third-order valence-corrected chi connectivity index (χ3v) is 4.02. The summed E-state index contributed by atoms with van der Waals surface area (Å²) in [5.41, 5.74) is -1.40. The molecule has 1 aliphatic heterocycles. The van der Waals surface area contributed by atoms with E-state index in [1.54, 1.807) is 0 Å². The van der Waals surface area contributed by atoms with Crippen LogP contribution in [0.3, 0.4) is 0 Å². The maximum Gasteiger partial charge on any atom is 0.471 e. The molecular formula is C12H14F3N2O4-. The maximum atomic E-state index is 12.7. The smallest absolute Gasteiger partial charge is 0.471 e. The number of hydrogen-bond acceptors (Lipinski definition) is 4. The van der Waals surface area contributed by atoms with E-state index in [2.05, 4.69) is 0 Å². The number of imide groups is 1. The average Bonchev–Trinajstić information content (AvgIpc) is 2.37. The highest BCUT2D eigenvalue weighted by molar-refractivity contribution is 6.01. The zero-order valence-corrected chi connectivity index (χ0v) is 11.1. The summed E-state index contributed by atoms with van der Waals surface area (Å²) in [5, 5.41) is 10.9. The molecule has 1 heterocycles. The predicted octanol–water partition coefficient (Wildman–Crippen LogP) is 0.266. The van der Waals surface area contributed by atoms with Crippen LogP contribution in [-0.4, -0.2) is 52.5 Å². The third kappa shape index (κ3) is 2.81. The van der Waals surface area contributed by atoms with Gasteiger partial charge in [-0.05, 0) is 12.8 Å². The van der Waals surface area contributed by atoms with Crippen LogP contribution >= 0.6 is 0 Å². The first-order valence-electron chi connectivity index (χ1n) is 6.57. The Bertz CT molecular complexity index is 472. The van der Waals surface area contributed by atoms with E-state index in [4.69, 9.17) is 0 Å². The van der Waals surface area contributed by atoms with Crippen molar-refractivity contribution in [2.45, 2.75) is 43.8 Å². The van der Waals surface area contributed by atoms with Gasteiger partial charge in [0, 0.05) is 6.54 Å². The molecule has 6 nitrogen and oxygen atoms in total. The average molecular weight is 307 g/mol. The molecule has 2 fully saturated rings. The SMILES string of the molecule is O=C([O-])N1CC(=O)N(C(=O)C(F)(F)F)C2(CCCCC2)C1. The lowest BCUT2D eigenvalue weighted by Crippen LogP contribution is -2.70. The standard InChI is InChI=1S/C12H15F3N2O4/c13-12(14,15)9(19)17-8(18)6-16(10(20)21)7-11(17)4-2-1-3-5-11/h1-7H2,(H,20,21)/p-1. The fourth-order valence-electron chi connectivity index (χ4n) is 3.16. The lowest BCUT2D eigenvalue weighted by Gasteiger charge is -2.51. The van der Waals surface area contributed by atoms with E-state index in [0.717, 1.165) is 6.42 Å². The second kappa shape index (κ2) is 5.19. The number of halogens is 3. The molecule has 1 spiro atoms. The number of hydrogen-bond donors (Lipinski definition) is 0. The van der Waals surface area contributed by atoms with E-state index in [1.807, 2.05) is 0 Å². The molecule has 9 heteroatoms. The fourth-order valence-corrected chi connectivity index (χ4v) is 3.16. The molecule has 2 rings (SSSR count). The van der Waals surface area contributed by atoms with Crippen LogP contribution in [0.15, 0.2) is 0 Å². The van der Waals surface area contributed by atoms with Crippen molar-refractivity contribution in [3.05, 3.63) is 0 Å². The Balaban J connectivity index is 2.38. The van der Waals surface area contributed by atoms with Crippen molar-refractivity contribution in [2.75, 3.05) is 13.1 Å². The second-order valence-electron chi connectivity index (χ2n) is 5.44. The molecule has 118 valence electrons. The quantitative estimate of drug-likeness (QED) is 0.643. The van der Waals surface area contributed by atoms with Crippen molar-refractivity contribution in [3.8, 4) is 0 Å². The van der Waals surface area contributed by atoms with Crippen molar-refractivity contribution in [1.29, 1.82) is 0 Å². The first-order chi connectivity index (χ1) is 9.67. The van der Waals surface area contributed by atoms with Gasteiger partial charge < -0.3 is 14.8 Å². The van der Waals surface area contributed by atoms with E-state index in [-0.39, 0.29) is 24.3 Å². The van der Waals surface area contributed by atoms with Gasteiger partial charge in [-0.2, -0.15) is 13.2 Å². The lowest BCUT2D eigenvalue weighted by atomic mass is 9.78. The molecule has 0 bridgehead atoms. The van der Waals surface area contributed by atoms with Crippen molar-refractivity contribution in [2.24, 2.45) is 0 Å². The van der Waals surface area contributed by atoms with E-state index in [0.29, 0.717) is 17.7 Å². The Morgan fingerprint density at radius 3 is 2.19 bits per heavy atom. The van der Waals surface area contributed by atoms with Gasteiger partial charge in [-0.1, -0.05) is 19.3 Å². The molecule has 1 saturated carbocycles. The number of amides is 3. The van der Waals surface area contributed by atoms with Gasteiger partial charge in [0.05, 0.1) is 12.1 Å². The first-order valence-corrected chi connectivity index (χ1v) is 6.57. The van der Waals surface area contributed by atoms with Gasteiger partial charge in [-0.25, -0.2) is 0 Å². The van der Waals surface area contributed by atoms with Crippen molar-refractivity contribution < 1.29 is 32.7 Å². The Hall–Kier alpha value is -1.80. The summed E-state index contributed by atoms with van der Waals surface area (Å²) in [5.74, 6) is -3.36. The molecule has 3 amide bonds. The van der Waals surface area contributed by atoms with Crippen LogP contribution in [0.25, 0.3) is 0 Å². The van der Waals surface area contributed by atoms with Gasteiger partial charge >= 0.3 is 12.1 Å².